The van der Waals surface area contributed by atoms with E-state index in [1.807, 2.05) is 6.92 Å². The van der Waals surface area contributed by atoms with Gasteiger partial charge in [-0.3, -0.25) is 0 Å². The number of allylic oxidation sites excluding steroid dienone is 1. The van der Waals surface area contributed by atoms with Crippen LogP contribution in [0.25, 0.3) is 0 Å². The van der Waals surface area contributed by atoms with Crippen LogP contribution in [-0.4, -0.2) is 31.1 Å². The predicted octanol–water partition coefficient (Wildman–Crippen LogP) is 6.19. The molecule has 4 aliphatic rings. The molecule has 1 N–H and O–H groups in total. The van der Waals surface area contributed by atoms with Gasteiger partial charge < -0.3 is 5.11 Å². The Kier molecular flexibility index (Phi) is 6.11. The molecule has 182 valence electrons. The molecule has 32 heavy (non-hydrogen) atoms. The third kappa shape index (κ3) is 3.76. The third-order valence-corrected chi connectivity index (χ3v) is 12.6. The molecule has 0 unspecified atom stereocenters. The van der Waals surface area contributed by atoms with Crippen molar-refractivity contribution in [2.75, 3.05) is 11.5 Å². The van der Waals surface area contributed by atoms with E-state index in [4.69, 9.17) is 0 Å². The maximum Gasteiger partial charge on any atom is 0.154 e. The lowest BCUT2D eigenvalue weighted by atomic mass is 9.44. The molecule has 0 saturated heterocycles. The number of aliphatic hydroxyl groups is 1. The highest BCUT2D eigenvalue weighted by Crippen LogP contribution is 2.68. The Morgan fingerprint density at radius 3 is 2.47 bits per heavy atom. The third-order valence-electron chi connectivity index (χ3n) is 10.7. The first-order valence-electron chi connectivity index (χ1n) is 13.0. The summed E-state index contributed by atoms with van der Waals surface area (Å²) in [5, 5.41) is 10.7. The van der Waals surface area contributed by atoms with Gasteiger partial charge in [-0.15, -0.1) is 0 Å². The van der Waals surface area contributed by atoms with Crippen molar-refractivity contribution in [1.82, 2.24) is 0 Å². The maximum absolute atomic E-state index is 12.7. The second-order valence-corrected chi connectivity index (χ2v) is 15.3. The summed E-state index contributed by atoms with van der Waals surface area (Å²) in [7, 11) is -3.08. The molecule has 0 aliphatic heterocycles. The number of rotatable bonds is 5. The zero-order chi connectivity index (χ0) is 23.7. The van der Waals surface area contributed by atoms with Gasteiger partial charge in [0.25, 0.3) is 0 Å². The summed E-state index contributed by atoms with van der Waals surface area (Å²) in [5.74, 6) is 3.24. The van der Waals surface area contributed by atoms with Crippen LogP contribution >= 0.6 is 0 Å². The van der Waals surface area contributed by atoms with Gasteiger partial charge in [-0.1, -0.05) is 58.4 Å². The molecule has 0 radical (unpaired) electrons. The molecular formula is C28H46O3S. The minimum absolute atomic E-state index is 0.122. The van der Waals surface area contributed by atoms with Gasteiger partial charge in [-0.2, -0.15) is 0 Å². The van der Waals surface area contributed by atoms with Crippen LogP contribution in [0.2, 0.25) is 0 Å². The lowest BCUT2D eigenvalue weighted by molar-refractivity contribution is -0.0770. The standard InChI is InChI=1S/C28H46O3S/c1-18(2)16-32(30,31)17-19(3)21-9-10-22-20-8-11-24-26(4,5)25(29)13-15-28(24,7)23(20)12-14-27(21,22)6/h11,19-23,25,29H,1,8-10,12-17H2,2-7H3/t19-,20+,21+,22+,23+,25+,27-,28+/m1/s1. The van der Waals surface area contributed by atoms with Crippen molar-refractivity contribution in [2.24, 2.45) is 45.8 Å². The van der Waals surface area contributed by atoms with Crippen LogP contribution in [0.15, 0.2) is 23.8 Å². The van der Waals surface area contributed by atoms with Gasteiger partial charge in [-0.25, -0.2) is 8.42 Å². The van der Waals surface area contributed by atoms with Crippen molar-refractivity contribution in [3.8, 4) is 0 Å². The molecule has 4 aliphatic carbocycles. The van der Waals surface area contributed by atoms with Crippen LogP contribution < -0.4 is 0 Å². The lowest BCUT2D eigenvalue weighted by Gasteiger charge is -2.61. The van der Waals surface area contributed by atoms with Crippen LogP contribution in [0, 0.1) is 45.8 Å². The smallest absolute Gasteiger partial charge is 0.154 e. The Morgan fingerprint density at radius 1 is 1.12 bits per heavy atom. The average molecular weight is 463 g/mol. The molecule has 0 amide bonds. The first-order chi connectivity index (χ1) is 14.7. The number of fused-ring (bicyclic) bond motifs is 5. The van der Waals surface area contributed by atoms with Crippen LogP contribution in [-0.2, 0) is 9.84 Å². The van der Waals surface area contributed by atoms with Crippen molar-refractivity contribution < 1.29 is 13.5 Å². The molecule has 0 aromatic heterocycles. The molecule has 4 rings (SSSR count). The molecule has 0 bridgehead atoms. The fraction of sp³-hybridized carbons (Fsp3) is 0.857. The fourth-order valence-corrected chi connectivity index (χ4v) is 11.2. The summed E-state index contributed by atoms with van der Waals surface area (Å²) in [5.41, 5.74) is 2.60. The largest absolute Gasteiger partial charge is 0.392 e. The number of hydrogen-bond donors (Lipinski definition) is 1. The van der Waals surface area contributed by atoms with E-state index in [9.17, 15) is 13.5 Å². The number of hydrogen-bond acceptors (Lipinski definition) is 3. The summed E-state index contributed by atoms with van der Waals surface area (Å²) in [6.45, 7) is 17.3. The van der Waals surface area contributed by atoms with Gasteiger partial charge in [0.15, 0.2) is 9.84 Å². The van der Waals surface area contributed by atoms with Gasteiger partial charge in [-0.05, 0) is 92.3 Å². The summed E-state index contributed by atoms with van der Waals surface area (Å²) in [6.07, 6.45) is 10.3. The van der Waals surface area contributed by atoms with E-state index in [1.54, 1.807) is 0 Å². The topological polar surface area (TPSA) is 54.4 Å². The molecular weight excluding hydrogens is 416 g/mol. The van der Waals surface area contributed by atoms with Crippen LogP contribution in [0.1, 0.15) is 86.5 Å². The first kappa shape index (κ1) is 24.5. The quantitative estimate of drug-likeness (QED) is 0.496. The molecule has 3 saturated carbocycles. The summed E-state index contributed by atoms with van der Waals surface area (Å²) in [6, 6.07) is 0. The highest BCUT2D eigenvalue weighted by atomic mass is 32.2. The van der Waals surface area contributed by atoms with E-state index in [0.717, 1.165) is 24.8 Å². The molecule has 4 heteroatoms. The van der Waals surface area contributed by atoms with Crippen LogP contribution in [0.4, 0.5) is 0 Å². The van der Waals surface area contributed by atoms with Gasteiger partial charge in [0.1, 0.15) is 0 Å². The molecule has 0 spiro atoms. The number of sulfone groups is 1. The highest BCUT2D eigenvalue weighted by molar-refractivity contribution is 7.91. The van der Waals surface area contributed by atoms with Crippen molar-refractivity contribution in [2.45, 2.75) is 92.6 Å². The Morgan fingerprint density at radius 2 is 1.81 bits per heavy atom. The zero-order valence-corrected chi connectivity index (χ0v) is 22.1. The van der Waals surface area contributed by atoms with E-state index in [1.165, 1.54) is 31.3 Å². The van der Waals surface area contributed by atoms with Crippen LogP contribution in [0.3, 0.4) is 0 Å². The Labute approximate surface area is 197 Å². The molecule has 3 nitrogen and oxygen atoms in total. The molecule has 8 atom stereocenters. The second kappa shape index (κ2) is 7.97. The van der Waals surface area contributed by atoms with Crippen molar-refractivity contribution in [3.05, 3.63) is 23.8 Å². The van der Waals surface area contributed by atoms with Crippen LogP contribution in [0.5, 0.6) is 0 Å². The van der Waals surface area contributed by atoms with Crippen molar-refractivity contribution in [3.63, 3.8) is 0 Å². The first-order valence-corrected chi connectivity index (χ1v) is 14.8. The summed E-state index contributed by atoms with van der Waals surface area (Å²) >= 11 is 0. The predicted molar refractivity (Wildman–Crippen MR) is 133 cm³/mol. The van der Waals surface area contributed by atoms with E-state index in [2.05, 4.69) is 47.3 Å². The molecule has 0 heterocycles. The van der Waals surface area contributed by atoms with Gasteiger partial charge in [0.2, 0.25) is 0 Å². The van der Waals surface area contributed by atoms with E-state index in [0.29, 0.717) is 29.4 Å². The van der Waals surface area contributed by atoms with Gasteiger partial charge in [0, 0.05) is 5.41 Å². The molecule has 0 aromatic carbocycles. The minimum Gasteiger partial charge on any atom is -0.392 e. The normalized spacial score (nSPS) is 44.1. The van der Waals surface area contributed by atoms with E-state index >= 15 is 0 Å². The summed E-state index contributed by atoms with van der Waals surface area (Å²) in [4.78, 5) is 0. The van der Waals surface area contributed by atoms with Crippen molar-refractivity contribution in [1.29, 1.82) is 0 Å². The Bertz CT molecular complexity index is 900. The highest BCUT2D eigenvalue weighted by Gasteiger charge is 2.61. The summed E-state index contributed by atoms with van der Waals surface area (Å²) < 4.78 is 25.4. The Balaban J connectivity index is 1.57. The average Bonchev–Trinajstić information content (AvgIpc) is 3.01. The lowest BCUT2D eigenvalue weighted by Crippen LogP contribution is -2.54. The fourth-order valence-electron chi connectivity index (χ4n) is 9.32. The van der Waals surface area contributed by atoms with Crippen molar-refractivity contribution >= 4 is 9.84 Å². The maximum atomic E-state index is 12.7. The van der Waals surface area contributed by atoms with Gasteiger partial charge >= 0.3 is 0 Å². The molecule has 3 fully saturated rings. The van der Waals surface area contributed by atoms with E-state index < -0.39 is 9.84 Å². The number of aliphatic hydroxyl groups excluding tert-OH is 1. The molecule has 0 aromatic rings. The minimum atomic E-state index is -3.08. The van der Waals surface area contributed by atoms with Gasteiger partial charge in [0.05, 0.1) is 17.6 Å². The van der Waals surface area contributed by atoms with E-state index in [-0.39, 0.29) is 34.0 Å². The monoisotopic (exact) mass is 462 g/mol. The SMILES string of the molecule is C=C(C)CS(=O)(=O)C[C@@H](C)[C@@H]1CC[C@H]2[C@@H]3CC=C4C(C)(C)[C@@H](O)CC[C@@]4(C)[C@H]3CC[C@@]21C. The second-order valence-electron chi connectivity index (χ2n) is 13.1. The zero-order valence-electron chi connectivity index (χ0n) is 21.3. The Hall–Kier alpha value is -0.610.